The van der Waals surface area contributed by atoms with Crippen molar-refractivity contribution in [3.8, 4) is 0 Å². The fourth-order valence-corrected chi connectivity index (χ4v) is 3.00. The van der Waals surface area contributed by atoms with Crippen LogP contribution in [0, 0.1) is 6.92 Å². The molecule has 1 aliphatic heterocycles. The Morgan fingerprint density at radius 3 is 2.39 bits per heavy atom. The summed E-state index contributed by atoms with van der Waals surface area (Å²) in [5.41, 5.74) is 2.74. The summed E-state index contributed by atoms with van der Waals surface area (Å²) >= 11 is 0. The van der Waals surface area contributed by atoms with Crippen LogP contribution in [0.1, 0.15) is 44.7 Å². The minimum Gasteiger partial charge on any atom is -0.372 e. The van der Waals surface area contributed by atoms with Crippen molar-refractivity contribution in [3.05, 3.63) is 29.3 Å². The van der Waals surface area contributed by atoms with Gasteiger partial charge in [0.15, 0.2) is 0 Å². The summed E-state index contributed by atoms with van der Waals surface area (Å²) in [5, 5.41) is 2.82. The molecule has 1 fully saturated rings. The standard InChI is InChI=1S/C18H26N2O3/c1-11(2)15-8-6-7-12(3)16(15)19-17(21)18(22)20-9-13(4)23-14(5)10-20/h6-8,11,13-14H,9-10H2,1-5H3,(H,19,21). The van der Waals surface area contributed by atoms with Crippen LogP contribution in [0.4, 0.5) is 5.69 Å². The summed E-state index contributed by atoms with van der Waals surface area (Å²) in [6.45, 7) is 10.8. The number of nitrogens with zero attached hydrogens (tertiary/aromatic N) is 1. The summed E-state index contributed by atoms with van der Waals surface area (Å²) in [5.74, 6) is -0.809. The third-order valence-electron chi connectivity index (χ3n) is 4.07. The van der Waals surface area contributed by atoms with Gasteiger partial charge in [-0.1, -0.05) is 32.0 Å². The van der Waals surface area contributed by atoms with E-state index in [9.17, 15) is 9.59 Å². The van der Waals surface area contributed by atoms with E-state index in [4.69, 9.17) is 4.74 Å². The van der Waals surface area contributed by atoms with Gasteiger partial charge >= 0.3 is 11.8 Å². The van der Waals surface area contributed by atoms with E-state index in [-0.39, 0.29) is 18.1 Å². The Morgan fingerprint density at radius 1 is 1.22 bits per heavy atom. The number of rotatable bonds is 2. The SMILES string of the molecule is Cc1cccc(C(C)C)c1NC(=O)C(=O)N1CC(C)OC(C)C1. The number of morpholine rings is 1. The molecule has 0 aliphatic carbocycles. The Balaban J connectivity index is 2.14. The molecule has 0 spiro atoms. The summed E-state index contributed by atoms with van der Waals surface area (Å²) < 4.78 is 5.61. The van der Waals surface area contributed by atoms with Crippen molar-refractivity contribution in [2.75, 3.05) is 18.4 Å². The van der Waals surface area contributed by atoms with Crippen molar-refractivity contribution in [3.63, 3.8) is 0 Å². The molecule has 2 atom stereocenters. The highest BCUT2D eigenvalue weighted by molar-refractivity contribution is 6.39. The summed E-state index contributed by atoms with van der Waals surface area (Å²) in [7, 11) is 0. The first-order valence-electron chi connectivity index (χ1n) is 8.14. The van der Waals surface area contributed by atoms with Crippen molar-refractivity contribution in [2.24, 2.45) is 0 Å². The second-order valence-electron chi connectivity index (χ2n) is 6.62. The maximum absolute atomic E-state index is 12.4. The summed E-state index contributed by atoms with van der Waals surface area (Å²) in [4.78, 5) is 26.4. The first kappa shape index (κ1) is 17.5. The maximum Gasteiger partial charge on any atom is 0.313 e. The van der Waals surface area contributed by atoms with E-state index in [2.05, 4.69) is 19.2 Å². The van der Waals surface area contributed by atoms with Crippen molar-refractivity contribution < 1.29 is 14.3 Å². The van der Waals surface area contributed by atoms with E-state index in [1.54, 1.807) is 4.90 Å². The topological polar surface area (TPSA) is 58.6 Å². The monoisotopic (exact) mass is 318 g/mol. The lowest BCUT2D eigenvalue weighted by Gasteiger charge is -2.34. The predicted octanol–water partition coefficient (Wildman–Crippen LogP) is 2.69. The Hall–Kier alpha value is -1.88. The number of amides is 2. The van der Waals surface area contributed by atoms with Gasteiger partial charge < -0.3 is 15.0 Å². The first-order chi connectivity index (χ1) is 10.8. The highest BCUT2D eigenvalue weighted by Gasteiger charge is 2.30. The molecule has 0 radical (unpaired) electrons. The number of hydrogen-bond acceptors (Lipinski definition) is 3. The Morgan fingerprint density at radius 2 is 1.83 bits per heavy atom. The van der Waals surface area contributed by atoms with Crippen LogP contribution in [0.5, 0.6) is 0 Å². The highest BCUT2D eigenvalue weighted by Crippen LogP contribution is 2.27. The second-order valence-corrected chi connectivity index (χ2v) is 6.62. The van der Waals surface area contributed by atoms with Gasteiger partial charge in [-0.3, -0.25) is 9.59 Å². The molecule has 2 amide bonds. The van der Waals surface area contributed by atoms with E-state index >= 15 is 0 Å². The largest absolute Gasteiger partial charge is 0.372 e. The molecule has 2 unspecified atom stereocenters. The summed E-state index contributed by atoms with van der Waals surface area (Å²) in [6.07, 6.45) is -0.111. The van der Waals surface area contributed by atoms with Crippen LogP contribution < -0.4 is 5.32 Å². The van der Waals surface area contributed by atoms with Crippen molar-refractivity contribution in [1.29, 1.82) is 0 Å². The van der Waals surface area contributed by atoms with Crippen LogP contribution in [-0.4, -0.2) is 42.0 Å². The van der Waals surface area contributed by atoms with Crippen molar-refractivity contribution >= 4 is 17.5 Å². The Kier molecular flexibility index (Phi) is 5.42. The number of carbonyl (C=O) groups excluding carboxylic acids is 2. The van der Waals surface area contributed by atoms with Gasteiger partial charge in [0.1, 0.15) is 0 Å². The van der Waals surface area contributed by atoms with Crippen LogP contribution in [0.2, 0.25) is 0 Å². The molecule has 1 saturated heterocycles. The fraction of sp³-hybridized carbons (Fsp3) is 0.556. The van der Waals surface area contributed by atoms with Crippen LogP contribution in [0.15, 0.2) is 18.2 Å². The molecular weight excluding hydrogens is 292 g/mol. The average Bonchev–Trinajstić information content (AvgIpc) is 2.47. The number of anilines is 1. The van der Waals surface area contributed by atoms with Crippen LogP contribution in [-0.2, 0) is 14.3 Å². The minimum absolute atomic E-state index is 0.0554. The number of aryl methyl sites for hydroxylation is 1. The summed E-state index contributed by atoms with van der Waals surface area (Å²) in [6, 6.07) is 5.88. The van der Waals surface area contributed by atoms with Gasteiger partial charge in [0.05, 0.1) is 12.2 Å². The number of ether oxygens (including phenoxy) is 1. The zero-order valence-electron chi connectivity index (χ0n) is 14.6. The molecule has 0 saturated carbocycles. The van der Waals surface area contributed by atoms with Crippen molar-refractivity contribution in [2.45, 2.75) is 52.7 Å². The van der Waals surface area contributed by atoms with Gasteiger partial charge in [-0.2, -0.15) is 0 Å². The van der Waals surface area contributed by atoms with E-state index in [0.29, 0.717) is 13.1 Å². The predicted molar refractivity (Wildman–Crippen MR) is 90.5 cm³/mol. The molecule has 23 heavy (non-hydrogen) atoms. The zero-order valence-corrected chi connectivity index (χ0v) is 14.6. The normalized spacial score (nSPS) is 21.4. The third-order valence-corrected chi connectivity index (χ3v) is 4.07. The van der Waals surface area contributed by atoms with E-state index in [0.717, 1.165) is 16.8 Å². The van der Waals surface area contributed by atoms with Gasteiger partial charge in [-0.05, 0) is 37.8 Å². The molecule has 5 nitrogen and oxygen atoms in total. The third kappa shape index (κ3) is 4.10. The minimum atomic E-state index is -0.581. The smallest absolute Gasteiger partial charge is 0.313 e. The lowest BCUT2D eigenvalue weighted by atomic mass is 9.98. The maximum atomic E-state index is 12.4. The van der Waals surface area contributed by atoms with Gasteiger partial charge in [0, 0.05) is 18.8 Å². The molecule has 2 rings (SSSR count). The van der Waals surface area contributed by atoms with Crippen molar-refractivity contribution in [1.82, 2.24) is 4.90 Å². The highest BCUT2D eigenvalue weighted by atomic mass is 16.5. The van der Waals surface area contributed by atoms with E-state index < -0.39 is 11.8 Å². The lowest BCUT2D eigenvalue weighted by molar-refractivity contribution is -0.151. The average molecular weight is 318 g/mol. The first-order valence-corrected chi connectivity index (χ1v) is 8.14. The quantitative estimate of drug-likeness (QED) is 0.853. The van der Waals surface area contributed by atoms with Gasteiger partial charge in [0.2, 0.25) is 0 Å². The molecule has 126 valence electrons. The number of benzene rings is 1. The van der Waals surface area contributed by atoms with Gasteiger partial charge in [-0.15, -0.1) is 0 Å². The number of hydrogen-bond donors (Lipinski definition) is 1. The molecule has 1 N–H and O–H groups in total. The molecule has 1 heterocycles. The molecule has 1 aromatic rings. The molecule has 5 heteroatoms. The van der Waals surface area contributed by atoms with E-state index in [1.165, 1.54) is 0 Å². The molecule has 0 bridgehead atoms. The molecule has 1 aromatic carbocycles. The zero-order chi connectivity index (χ0) is 17.1. The molecule has 0 aromatic heterocycles. The lowest BCUT2D eigenvalue weighted by Crippen LogP contribution is -2.51. The number of nitrogens with one attached hydrogen (secondary N) is 1. The van der Waals surface area contributed by atoms with Crippen LogP contribution in [0.25, 0.3) is 0 Å². The Bertz CT molecular complexity index is 588. The Labute approximate surface area is 138 Å². The van der Waals surface area contributed by atoms with Crippen LogP contribution >= 0.6 is 0 Å². The molecular formula is C18H26N2O3. The molecule has 1 aliphatic rings. The number of para-hydroxylation sites is 1. The van der Waals surface area contributed by atoms with Gasteiger partial charge in [0.25, 0.3) is 0 Å². The van der Waals surface area contributed by atoms with Gasteiger partial charge in [-0.25, -0.2) is 0 Å². The van der Waals surface area contributed by atoms with Crippen LogP contribution in [0.3, 0.4) is 0 Å². The number of carbonyl (C=O) groups is 2. The van der Waals surface area contributed by atoms with E-state index in [1.807, 2.05) is 39.0 Å². The fourth-order valence-electron chi connectivity index (χ4n) is 3.00. The second kappa shape index (κ2) is 7.13.